The number of hydrogen-bond donors (Lipinski definition) is 1. The minimum Gasteiger partial charge on any atom is -0.488 e. The summed E-state index contributed by atoms with van der Waals surface area (Å²) in [4.78, 5) is 0. The van der Waals surface area contributed by atoms with E-state index in [2.05, 4.69) is 36.5 Å². The van der Waals surface area contributed by atoms with E-state index in [9.17, 15) is 0 Å². The highest BCUT2D eigenvalue weighted by molar-refractivity contribution is 5.43. The zero-order chi connectivity index (χ0) is 13.0. The Bertz CT molecular complexity index is 484. The standard InChI is InChI=1S/C14H18N2O2/c1-10-4-12(6-15-3)5-11(2)14(10)17-8-13-7-16-18-9-13/h4-5,7,9,15H,6,8H2,1-3H3. The molecule has 0 aliphatic rings. The summed E-state index contributed by atoms with van der Waals surface area (Å²) in [6.07, 6.45) is 3.26. The number of hydrogen-bond acceptors (Lipinski definition) is 4. The summed E-state index contributed by atoms with van der Waals surface area (Å²) in [7, 11) is 1.95. The Balaban J connectivity index is 2.12. The van der Waals surface area contributed by atoms with Crippen molar-refractivity contribution >= 4 is 0 Å². The predicted molar refractivity (Wildman–Crippen MR) is 69.5 cm³/mol. The molecular weight excluding hydrogens is 228 g/mol. The highest BCUT2D eigenvalue weighted by Gasteiger charge is 2.07. The minimum atomic E-state index is 0.483. The van der Waals surface area contributed by atoms with Gasteiger partial charge in [-0.25, -0.2) is 0 Å². The first-order valence-corrected chi connectivity index (χ1v) is 5.96. The normalized spacial score (nSPS) is 10.6. The van der Waals surface area contributed by atoms with Crippen LogP contribution in [0.4, 0.5) is 0 Å². The lowest BCUT2D eigenvalue weighted by molar-refractivity contribution is 0.300. The van der Waals surface area contributed by atoms with Crippen LogP contribution in [0.25, 0.3) is 0 Å². The highest BCUT2D eigenvalue weighted by Crippen LogP contribution is 2.25. The van der Waals surface area contributed by atoms with Crippen LogP contribution in [0.1, 0.15) is 22.3 Å². The first-order valence-electron chi connectivity index (χ1n) is 5.96. The third kappa shape index (κ3) is 2.90. The molecule has 0 radical (unpaired) electrons. The molecule has 0 unspecified atom stereocenters. The van der Waals surface area contributed by atoms with Gasteiger partial charge in [-0.3, -0.25) is 0 Å². The third-order valence-corrected chi connectivity index (χ3v) is 2.77. The Hall–Kier alpha value is -1.81. The van der Waals surface area contributed by atoms with Crippen molar-refractivity contribution in [3.63, 3.8) is 0 Å². The lowest BCUT2D eigenvalue weighted by Crippen LogP contribution is -2.06. The van der Waals surface area contributed by atoms with Gasteiger partial charge in [0.05, 0.1) is 6.20 Å². The Labute approximate surface area is 107 Å². The van der Waals surface area contributed by atoms with Crippen molar-refractivity contribution in [3.8, 4) is 5.75 Å². The van der Waals surface area contributed by atoms with E-state index in [1.54, 1.807) is 12.5 Å². The Morgan fingerprint density at radius 3 is 2.50 bits per heavy atom. The van der Waals surface area contributed by atoms with E-state index < -0.39 is 0 Å². The van der Waals surface area contributed by atoms with Gasteiger partial charge in [0.25, 0.3) is 0 Å². The summed E-state index contributed by atoms with van der Waals surface area (Å²) in [5.74, 6) is 0.941. The van der Waals surface area contributed by atoms with Gasteiger partial charge < -0.3 is 14.6 Å². The number of ether oxygens (including phenoxy) is 1. The van der Waals surface area contributed by atoms with Crippen LogP contribution in [-0.2, 0) is 13.2 Å². The van der Waals surface area contributed by atoms with Crippen molar-refractivity contribution in [2.75, 3.05) is 7.05 Å². The van der Waals surface area contributed by atoms with Crippen LogP contribution in [0.2, 0.25) is 0 Å². The average molecular weight is 246 g/mol. The monoisotopic (exact) mass is 246 g/mol. The molecule has 18 heavy (non-hydrogen) atoms. The van der Waals surface area contributed by atoms with E-state index in [1.165, 1.54) is 5.56 Å². The first-order chi connectivity index (χ1) is 8.70. The van der Waals surface area contributed by atoms with Gasteiger partial charge in [0.2, 0.25) is 0 Å². The molecule has 0 atom stereocenters. The van der Waals surface area contributed by atoms with Gasteiger partial charge in [0.1, 0.15) is 18.6 Å². The topological polar surface area (TPSA) is 47.3 Å². The van der Waals surface area contributed by atoms with Crippen molar-refractivity contribution in [2.24, 2.45) is 0 Å². The molecule has 0 aliphatic carbocycles. The van der Waals surface area contributed by atoms with E-state index in [4.69, 9.17) is 9.26 Å². The first kappa shape index (κ1) is 12.6. The third-order valence-electron chi connectivity index (χ3n) is 2.77. The van der Waals surface area contributed by atoms with E-state index in [1.807, 2.05) is 7.05 Å². The fraction of sp³-hybridized carbons (Fsp3) is 0.357. The molecule has 0 amide bonds. The van der Waals surface area contributed by atoms with E-state index >= 15 is 0 Å². The second-order valence-corrected chi connectivity index (χ2v) is 4.41. The Morgan fingerprint density at radius 2 is 1.94 bits per heavy atom. The number of benzene rings is 1. The highest BCUT2D eigenvalue weighted by atomic mass is 16.5. The summed E-state index contributed by atoms with van der Waals surface area (Å²) in [6.45, 7) is 5.48. The molecule has 2 rings (SSSR count). The summed E-state index contributed by atoms with van der Waals surface area (Å²) >= 11 is 0. The molecule has 1 aromatic heterocycles. The van der Waals surface area contributed by atoms with Crippen molar-refractivity contribution in [3.05, 3.63) is 46.8 Å². The Morgan fingerprint density at radius 1 is 1.22 bits per heavy atom. The van der Waals surface area contributed by atoms with Crippen molar-refractivity contribution in [1.29, 1.82) is 0 Å². The van der Waals surface area contributed by atoms with Crippen LogP contribution in [0.3, 0.4) is 0 Å². The van der Waals surface area contributed by atoms with Gasteiger partial charge in [-0.2, -0.15) is 0 Å². The van der Waals surface area contributed by atoms with Crippen LogP contribution >= 0.6 is 0 Å². The second kappa shape index (κ2) is 5.69. The molecule has 96 valence electrons. The van der Waals surface area contributed by atoms with Crippen LogP contribution in [-0.4, -0.2) is 12.2 Å². The molecule has 4 heteroatoms. The van der Waals surface area contributed by atoms with Gasteiger partial charge in [0.15, 0.2) is 0 Å². The molecule has 0 aliphatic heterocycles. The maximum atomic E-state index is 5.82. The van der Waals surface area contributed by atoms with Crippen molar-refractivity contribution in [1.82, 2.24) is 10.5 Å². The van der Waals surface area contributed by atoms with Crippen LogP contribution < -0.4 is 10.1 Å². The van der Waals surface area contributed by atoms with Crippen molar-refractivity contribution < 1.29 is 9.26 Å². The maximum Gasteiger partial charge on any atom is 0.130 e. The van der Waals surface area contributed by atoms with Crippen LogP contribution in [0, 0.1) is 13.8 Å². The van der Waals surface area contributed by atoms with E-state index in [0.29, 0.717) is 6.61 Å². The molecule has 1 N–H and O–H groups in total. The molecule has 0 fully saturated rings. The van der Waals surface area contributed by atoms with Gasteiger partial charge in [0, 0.05) is 12.1 Å². The number of nitrogens with one attached hydrogen (secondary N) is 1. The summed E-state index contributed by atoms with van der Waals surface area (Å²) in [5.41, 5.74) is 4.51. The molecule has 4 nitrogen and oxygen atoms in total. The SMILES string of the molecule is CNCc1cc(C)c(OCc2cnoc2)c(C)c1. The number of aromatic nitrogens is 1. The van der Waals surface area contributed by atoms with Crippen LogP contribution in [0.15, 0.2) is 29.1 Å². The Kier molecular flexibility index (Phi) is 3.99. The number of rotatable bonds is 5. The summed E-state index contributed by atoms with van der Waals surface area (Å²) in [5, 5.41) is 6.81. The lowest BCUT2D eigenvalue weighted by atomic mass is 10.1. The maximum absolute atomic E-state index is 5.82. The number of aryl methyl sites for hydroxylation is 2. The molecule has 0 bridgehead atoms. The zero-order valence-corrected chi connectivity index (χ0v) is 11.0. The zero-order valence-electron chi connectivity index (χ0n) is 11.0. The fourth-order valence-electron chi connectivity index (χ4n) is 2.03. The molecule has 0 saturated carbocycles. The van der Waals surface area contributed by atoms with Gasteiger partial charge in [-0.05, 0) is 37.6 Å². The summed E-state index contributed by atoms with van der Waals surface area (Å²) in [6, 6.07) is 4.29. The molecule has 0 saturated heterocycles. The quantitative estimate of drug-likeness (QED) is 0.881. The number of nitrogens with zero attached hydrogens (tertiary/aromatic N) is 1. The van der Waals surface area contributed by atoms with Gasteiger partial charge >= 0.3 is 0 Å². The molecule has 2 aromatic rings. The van der Waals surface area contributed by atoms with E-state index in [-0.39, 0.29) is 0 Å². The van der Waals surface area contributed by atoms with Gasteiger partial charge in [-0.1, -0.05) is 17.3 Å². The average Bonchev–Trinajstić information content (AvgIpc) is 2.81. The van der Waals surface area contributed by atoms with E-state index in [0.717, 1.165) is 29.0 Å². The molecule has 1 heterocycles. The molecular formula is C14H18N2O2. The molecule has 0 spiro atoms. The van der Waals surface area contributed by atoms with Crippen molar-refractivity contribution in [2.45, 2.75) is 27.0 Å². The molecule has 1 aromatic carbocycles. The minimum absolute atomic E-state index is 0.483. The fourth-order valence-corrected chi connectivity index (χ4v) is 2.03. The summed E-state index contributed by atoms with van der Waals surface area (Å²) < 4.78 is 10.6. The smallest absolute Gasteiger partial charge is 0.130 e. The van der Waals surface area contributed by atoms with Gasteiger partial charge in [-0.15, -0.1) is 0 Å². The lowest BCUT2D eigenvalue weighted by Gasteiger charge is -2.13. The predicted octanol–water partition coefficient (Wildman–Crippen LogP) is 2.59. The van der Waals surface area contributed by atoms with Crippen LogP contribution in [0.5, 0.6) is 5.75 Å². The largest absolute Gasteiger partial charge is 0.488 e. The second-order valence-electron chi connectivity index (χ2n) is 4.41.